The lowest BCUT2D eigenvalue weighted by Crippen LogP contribution is -2.59. The third-order valence-electron chi connectivity index (χ3n) is 4.81. The highest BCUT2D eigenvalue weighted by Crippen LogP contribution is 2.35. The Morgan fingerprint density at radius 1 is 1.13 bits per heavy atom. The third-order valence-corrected chi connectivity index (χ3v) is 4.81. The molecule has 8 heteroatoms. The molecule has 0 aromatic heterocycles. The molecule has 1 atom stereocenters. The number of methoxy groups -OCH3 is 1. The number of nitrogens with zero attached hydrogens (tertiary/aromatic N) is 2. The number of ether oxygens (including phenoxy) is 2. The van der Waals surface area contributed by atoms with Crippen molar-refractivity contribution >= 4 is 17.5 Å². The zero-order valence-corrected chi connectivity index (χ0v) is 17.7. The van der Waals surface area contributed by atoms with Crippen molar-refractivity contribution in [1.29, 1.82) is 0 Å². The van der Waals surface area contributed by atoms with Crippen molar-refractivity contribution in [3.05, 3.63) is 53.6 Å². The summed E-state index contributed by atoms with van der Waals surface area (Å²) >= 11 is 0. The number of benzene rings is 2. The summed E-state index contributed by atoms with van der Waals surface area (Å²) in [5.74, 6) is 0.810. The highest BCUT2D eigenvalue weighted by atomic mass is 16.5. The van der Waals surface area contributed by atoms with Crippen LogP contribution in [0.5, 0.6) is 11.5 Å². The molecule has 160 valence electrons. The van der Waals surface area contributed by atoms with Crippen molar-refractivity contribution in [3.63, 3.8) is 0 Å². The molecule has 0 spiro atoms. The molecule has 2 aromatic carbocycles. The highest BCUT2D eigenvalue weighted by molar-refractivity contribution is 6.02. The van der Waals surface area contributed by atoms with E-state index < -0.39 is 5.91 Å². The number of carbonyl (C=O) groups is 2. The maximum Gasteiger partial charge on any atom is 0.272 e. The summed E-state index contributed by atoms with van der Waals surface area (Å²) in [6, 6.07) is 12.8. The Kier molecular flexibility index (Phi) is 6.47. The zero-order chi connectivity index (χ0) is 21.8. The van der Waals surface area contributed by atoms with Gasteiger partial charge >= 0.3 is 0 Å². The monoisotopic (exact) mass is 412 g/mol. The van der Waals surface area contributed by atoms with Crippen LogP contribution in [-0.2, 0) is 4.79 Å². The number of anilines is 1. The number of nitrogens with two attached hydrogens (primary N) is 1. The van der Waals surface area contributed by atoms with Gasteiger partial charge in [-0.1, -0.05) is 32.0 Å². The van der Waals surface area contributed by atoms with E-state index in [0.717, 1.165) is 11.3 Å². The first-order valence-electron chi connectivity index (χ1n) is 9.87. The minimum atomic E-state index is -0.601. The van der Waals surface area contributed by atoms with Crippen molar-refractivity contribution in [2.45, 2.75) is 26.8 Å². The summed E-state index contributed by atoms with van der Waals surface area (Å²) in [6.45, 7) is 6.52. The van der Waals surface area contributed by atoms with Crippen LogP contribution >= 0.6 is 0 Å². The molecular weight excluding hydrogens is 384 g/mol. The molecule has 0 saturated carbocycles. The Hall–Kier alpha value is -3.26. The molecule has 1 unspecified atom stereocenters. The first kappa shape index (κ1) is 21.4. The second-order valence-electron chi connectivity index (χ2n) is 7.64. The summed E-state index contributed by atoms with van der Waals surface area (Å²) in [5, 5.41) is 3.06. The smallest absolute Gasteiger partial charge is 0.272 e. The summed E-state index contributed by atoms with van der Waals surface area (Å²) in [5.41, 5.74) is 10.5. The molecular formula is C22H28N4O4. The lowest BCUT2D eigenvalue weighted by Gasteiger charge is -2.41. The van der Waals surface area contributed by atoms with E-state index in [0.29, 0.717) is 29.6 Å². The SMILES string of the molecule is COc1cc(C(C)N2NN(CC(N)=O)C(=O)c3ccccc32)ccc1OCC(C)C. The number of hydrazine groups is 2. The molecule has 3 N–H and O–H groups in total. The number of primary amides is 1. The lowest BCUT2D eigenvalue weighted by molar-refractivity contribution is -0.119. The van der Waals surface area contributed by atoms with Gasteiger partial charge in [0.2, 0.25) is 5.91 Å². The standard InChI is InChI=1S/C22H28N4O4/c1-14(2)13-30-19-10-9-16(11-20(19)29-4)15(3)26-18-8-6-5-7-17(18)22(28)25(24-26)12-21(23)27/h5-11,14-15,24H,12-13H2,1-4H3,(H2,23,27). The van der Waals surface area contributed by atoms with Gasteiger partial charge in [-0.2, -0.15) is 0 Å². The van der Waals surface area contributed by atoms with Gasteiger partial charge in [0.25, 0.3) is 5.91 Å². The van der Waals surface area contributed by atoms with Gasteiger partial charge in [0.1, 0.15) is 6.54 Å². The average molecular weight is 412 g/mol. The molecule has 8 nitrogen and oxygen atoms in total. The Morgan fingerprint density at radius 3 is 2.53 bits per heavy atom. The van der Waals surface area contributed by atoms with E-state index in [1.165, 1.54) is 5.01 Å². The number of amides is 2. The molecule has 1 heterocycles. The average Bonchev–Trinajstić information content (AvgIpc) is 2.73. The first-order chi connectivity index (χ1) is 14.3. The van der Waals surface area contributed by atoms with E-state index in [1.54, 1.807) is 19.2 Å². The Balaban J connectivity index is 1.93. The highest BCUT2D eigenvalue weighted by Gasteiger charge is 2.32. The third kappa shape index (κ3) is 4.49. The number of para-hydroxylation sites is 1. The van der Waals surface area contributed by atoms with Crippen molar-refractivity contribution in [2.24, 2.45) is 11.7 Å². The van der Waals surface area contributed by atoms with Gasteiger partial charge in [-0.3, -0.25) is 14.6 Å². The first-order valence-corrected chi connectivity index (χ1v) is 9.87. The minimum Gasteiger partial charge on any atom is -0.493 e. The van der Waals surface area contributed by atoms with Gasteiger partial charge in [-0.15, -0.1) is 5.53 Å². The summed E-state index contributed by atoms with van der Waals surface area (Å²) in [4.78, 5) is 24.2. The van der Waals surface area contributed by atoms with Gasteiger partial charge in [0.05, 0.1) is 31.0 Å². The van der Waals surface area contributed by atoms with Crippen LogP contribution in [-0.4, -0.2) is 37.1 Å². The summed E-state index contributed by atoms with van der Waals surface area (Å²) < 4.78 is 11.4. The predicted octanol–water partition coefficient (Wildman–Crippen LogP) is 2.66. The molecule has 0 saturated heterocycles. The largest absolute Gasteiger partial charge is 0.493 e. The second-order valence-corrected chi connectivity index (χ2v) is 7.64. The van der Waals surface area contributed by atoms with Crippen LogP contribution < -0.4 is 25.8 Å². The summed E-state index contributed by atoms with van der Waals surface area (Å²) in [6.07, 6.45) is 0. The van der Waals surface area contributed by atoms with Crippen molar-refractivity contribution in [3.8, 4) is 11.5 Å². The van der Waals surface area contributed by atoms with Gasteiger partial charge in [0, 0.05) is 0 Å². The van der Waals surface area contributed by atoms with Crippen molar-refractivity contribution in [2.75, 3.05) is 25.3 Å². The number of fused-ring (bicyclic) bond motifs is 1. The van der Waals surface area contributed by atoms with Crippen LogP contribution in [0, 0.1) is 5.92 Å². The van der Waals surface area contributed by atoms with E-state index >= 15 is 0 Å². The number of nitrogens with one attached hydrogen (secondary N) is 1. The van der Waals surface area contributed by atoms with E-state index in [4.69, 9.17) is 15.2 Å². The maximum absolute atomic E-state index is 12.7. The fourth-order valence-electron chi connectivity index (χ4n) is 3.27. The number of carbonyl (C=O) groups excluding carboxylic acids is 2. The molecule has 0 fully saturated rings. The normalized spacial score (nSPS) is 14.5. The predicted molar refractivity (Wildman–Crippen MR) is 114 cm³/mol. The van der Waals surface area contributed by atoms with E-state index in [1.807, 2.05) is 42.3 Å². The Morgan fingerprint density at radius 2 is 1.87 bits per heavy atom. The van der Waals surface area contributed by atoms with Gasteiger partial charge in [0.15, 0.2) is 11.5 Å². The van der Waals surface area contributed by atoms with Crippen LogP contribution in [0.4, 0.5) is 5.69 Å². The van der Waals surface area contributed by atoms with Crippen LogP contribution in [0.3, 0.4) is 0 Å². The van der Waals surface area contributed by atoms with Crippen LogP contribution in [0.2, 0.25) is 0 Å². The molecule has 1 aliphatic heterocycles. The van der Waals surface area contributed by atoms with Gasteiger partial charge in [-0.05, 0) is 42.7 Å². The maximum atomic E-state index is 12.7. The Bertz CT molecular complexity index is 931. The quantitative estimate of drug-likeness (QED) is 0.692. The second kappa shape index (κ2) is 9.04. The van der Waals surface area contributed by atoms with E-state index in [9.17, 15) is 9.59 Å². The van der Waals surface area contributed by atoms with Gasteiger partial charge < -0.3 is 15.2 Å². The zero-order valence-electron chi connectivity index (χ0n) is 17.7. The van der Waals surface area contributed by atoms with Crippen LogP contribution in [0.15, 0.2) is 42.5 Å². The summed E-state index contributed by atoms with van der Waals surface area (Å²) in [7, 11) is 1.60. The van der Waals surface area contributed by atoms with Crippen molar-refractivity contribution in [1.82, 2.24) is 10.5 Å². The van der Waals surface area contributed by atoms with E-state index in [2.05, 4.69) is 19.4 Å². The van der Waals surface area contributed by atoms with E-state index in [-0.39, 0.29) is 18.5 Å². The van der Waals surface area contributed by atoms with Gasteiger partial charge in [-0.25, -0.2) is 5.01 Å². The molecule has 0 radical (unpaired) electrons. The number of rotatable bonds is 8. The minimum absolute atomic E-state index is 0.192. The van der Waals surface area contributed by atoms with Crippen molar-refractivity contribution < 1.29 is 19.1 Å². The molecule has 2 amide bonds. The Labute approximate surface area is 176 Å². The fourth-order valence-corrected chi connectivity index (χ4v) is 3.27. The fraction of sp³-hybridized carbons (Fsp3) is 0.364. The topological polar surface area (TPSA) is 97.1 Å². The number of hydrogen-bond acceptors (Lipinski definition) is 6. The molecule has 0 bridgehead atoms. The van der Waals surface area contributed by atoms with Crippen LogP contribution in [0.1, 0.15) is 42.7 Å². The number of hydrogen-bond donors (Lipinski definition) is 2. The lowest BCUT2D eigenvalue weighted by atomic mass is 10.0. The molecule has 1 aliphatic rings. The molecule has 30 heavy (non-hydrogen) atoms. The molecule has 2 aromatic rings. The molecule has 3 rings (SSSR count). The molecule has 0 aliphatic carbocycles. The van der Waals surface area contributed by atoms with Crippen LogP contribution in [0.25, 0.3) is 0 Å².